The molecule has 0 aliphatic rings. The number of nitrogens with one attached hydrogen (secondary N) is 2. The van der Waals surface area contributed by atoms with Crippen LogP contribution in [0.3, 0.4) is 0 Å². The number of aliphatic carboxylic acids is 1. The molecule has 1 rings (SSSR count). The molecule has 3 N–H and O–H groups in total. The maximum absolute atomic E-state index is 11.2. The number of thiocarbonyl (C=S) groups is 1. The van der Waals surface area contributed by atoms with Crippen LogP contribution in [-0.2, 0) is 9.59 Å². The van der Waals surface area contributed by atoms with Crippen molar-refractivity contribution in [2.45, 2.75) is 13.3 Å². The van der Waals surface area contributed by atoms with Gasteiger partial charge in [-0.25, -0.2) is 4.79 Å². The Balaban J connectivity index is 2.84. The molecule has 0 fully saturated rings. The number of amides is 1. The first-order valence-corrected chi connectivity index (χ1v) is 6.94. The van der Waals surface area contributed by atoms with E-state index in [1.165, 1.54) is 6.08 Å². The van der Waals surface area contributed by atoms with Crippen LogP contribution in [0.5, 0.6) is 0 Å². The number of anilines is 1. The minimum atomic E-state index is -1.02. The molecule has 0 heterocycles. The van der Waals surface area contributed by atoms with E-state index in [1.807, 2.05) is 0 Å². The second kappa shape index (κ2) is 7.76. The maximum Gasteiger partial charge on any atom is 0.328 e. The lowest BCUT2D eigenvalue weighted by Gasteiger charge is -2.11. The van der Waals surface area contributed by atoms with Gasteiger partial charge in [0.1, 0.15) is 0 Å². The maximum atomic E-state index is 11.2. The molecule has 7 heteroatoms. The average molecular weight is 357 g/mol. The minimum Gasteiger partial charge on any atom is -0.478 e. The zero-order valence-electron chi connectivity index (χ0n) is 10.6. The standard InChI is InChI=1S/C13H13BrN2O3S/c1-2-11(17)16-13(20)15-10-7-8(3-5-9(10)14)4-6-12(18)19/h3-7H,2H2,1H3,(H,18,19)(H2,15,16,17,20)/b6-4+. The zero-order chi connectivity index (χ0) is 15.1. The van der Waals surface area contributed by atoms with E-state index in [4.69, 9.17) is 17.3 Å². The van der Waals surface area contributed by atoms with Gasteiger partial charge in [0.25, 0.3) is 0 Å². The number of carbonyl (C=O) groups excluding carboxylic acids is 1. The molecule has 0 aromatic heterocycles. The normalized spacial score (nSPS) is 10.3. The predicted octanol–water partition coefficient (Wildman–Crippen LogP) is 2.77. The van der Waals surface area contributed by atoms with Crippen molar-refractivity contribution in [3.63, 3.8) is 0 Å². The summed E-state index contributed by atoms with van der Waals surface area (Å²) in [5.41, 5.74) is 1.33. The third-order valence-electron chi connectivity index (χ3n) is 2.23. The molecule has 1 amide bonds. The van der Waals surface area contributed by atoms with Gasteiger partial charge in [0, 0.05) is 17.0 Å². The van der Waals surface area contributed by atoms with Crippen LogP contribution in [0.2, 0.25) is 0 Å². The highest BCUT2D eigenvalue weighted by Crippen LogP contribution is 2.24. The lowest BCUT2D eigenvalue weighted by Crippen LogP contribution is -2.33. The number of rotatable bonds is 4. The first-order valence-electron chi connectivity index (χ1n) is 5.73. The number of hydrogen-bond donors (Lipinski definition) is 3. The number of carboxylic acids is 1. The monoisotopic (exact) mass is 356 g/mol. The summed E-state index contributed by atoms with van der Waals surface area (Å²) >= 11 is 8.36. The van der Waals surface area contributed by atoms with Gasteiger partial charge in [-0.3, -0.25) is 4.79 Å². The highest BCUT2D eigenvalue weighted by Gasteiger charge is 2.05. The van der Waals surface area contributed by atoms with E-state index < -0.39 is 5.97 Å². The summed E-state index contributed by atoms with van der Waals surface area (Å²) in [6.45, 7) is 1.73. The molecule has 1 aromatic rings. The summed E-state index contributed by atoms with van der Waals surface area (Å²) < 4.78 is 0.748. The van der Waals surface area contributed by atoms with Crippen molar-refractivity contribution in [3.05, 3.63) is 34.3 Å². The molecule has 0 saturated heterocycles. The van der Waals surface area contributed by atoms with Crippen molar-refractivity contribution >= 4 is 56.9 Å². The Hall–Kier alpha value is -1.73. The molecule has 0 bridgehead atoms. The van der Waals surface area contributed by atoms with Gasteiger partial charge < -0.3 is 15.7 Å². The van der Waals surface area contributed by atoms with Crippen molar-refractivity contribution in [3.8, 4) is 0 Å². The molecule has 1 aromatic carbocycles. The van der Waals surface area contributed by atoms with E-state index in [2.05, 4.69) is 26.6 Å². The molecule has 106 valence electrons. The third kappa shape index (κ3) is 5.50. The van der Waals surface area contributed by atoms with Gasteiger partial charge in [-0.05, 0) is 51.9 Å². The van der Waals surface area contributed by atoms with Crippen LogP contribution in [0.25, 0.3) is 6.08 Å². The Morgan fingerprint density at radius 2 is 2.15 bits per heavy atom. The summed E-state index contributed by atoms with van der Waals surface area (Å²) in [5, 5.41) is 14.2. The minimum absolute atomic E-state index is 0.180. The fourth-order valence-electron chi connectivity index (χ4n) is 1.28. The van der Waals surface area contributed by atoms with Crippen molar-refractivity contribution in [1.29, 1.82) is 0 Å². The van der Waals surface area contributed by atoms with E-state index in [1.54, 1.807) is 25.1 Å². The van der Waals surface area contributed by atoms with Gasteiger partial charge in [0.05, 0.1) is 5.69 Å². The molecule has 20 heavy (non-hydrogen) atoms. The summed E-state index contributed by atoms with van der Waals surface area (Å²) in [5.74, 6) is -1.20. The lowest BCUT2D eigenvalue weighted by molar-refractivity contribution is -0.131. The van der Waals surface area contributed by atoms with E-state index >= 15 is 0 Å². The fourth-order valence-corrected chi connectivity index (χ4v) is 1.85. The molecular formula is C13H13BrN2O3S. The number of halogens is 1. The van der Waals surface area contributed by atoms with Crippen molar-refractivity contribution in [1.82, 2.24) is 5.32 Å². The Bertz CT molecular complexity index is 573. The fraction of sp³-hybridized carbons (Fsp3) is 0.154. The van der Waals surface area contributed by atoms with Crippen molar-refractivity contribution in [2.24, 2.45) is 0 Å². The van der Waals surface area contributed by atoms with Crippen molar-refractivity contribution in [2.75, 3.05) is 5.32 Å². The van der Waals surface area contributed by atoms with Gasteiger partial charge in [-0.2, -0.15) is 0 Å². The molecule has 0 spiro atoms. The second-order valence-electron chi connectivity index (χ2n) is 3.77. The topological polar surface area (TPSA) is 78.4 Å². The van der Waals surface area contributed by atoms with E-state index in [0.717, 1.165) is 10.5 Å². The Morgan fingerprint density at radius 1 is 1.45 bits per heavy atom. The second-order valence-corrected chi connectivity index (χ2v) is 5.03. The Morgan fingerprint density at radius 3 is 2.75 bits per heavy atom. The zero-order valence-corrected chi connectivity index (χ0v) is 13.0. The predicted molar refractivity (Wildman–Crippen MR) is 85.5 cm³/mol. The summed E-state index contributed by atoms with van der Waals surface area (Å²) in [7, 11) is 0. The van der Waals surface area contributed by atoms with Crippen LogP contribution >= 0.6 is 28.1 Å². The molecule has 0 atom stereocenters. The number of carboxylic acid groups (broad SMARTS) is 1. The van der Waals surface area contributed by atoms with Crippen LogP contribution in [0.4, 0.5) is 5.69 Å². The number of carbonyl (C=O) groups is 2. The average Bonchev–Trinajstić information content (AvgIpc) is 2.39. The molecular weight excluding hydrogens is 344 g/mol. The van der Waals surface area contributed by atoms with Crippen LogP contribution in [0.1, 0.15) is 18.9 Å². The van der Waals surface area contributed by atoms with E-state index in [9.17, 15) is 9.59 Å². The highest BCUT2D eigenvalue weighted by atomic mass is 79.9. The van der Waals surface area contributed by atoms with Crippen LogP contribution in [-0.4, -0.2) is 22.1 Å². The largest absolute Gasteiger partial charge is 0.478 e. The Kier molecular flexibility index (Phi) is 6.33. The summed E-state index contributed by atoms with van der Waals surface area (Å²) in [6, 6.07) is 5.23. The highest BCUT2D eigenvalue weighted by molar-refractivity contribution is 9.10. The van der Waals surface area contributed by atoms with Gasteiger partial charge in [0.15, 0.2) is 5.11 Å². The molecule has 0 aliphatic carbocycles. The van der Waals surface area contributed by atoms with Crippen LogP contribution in [0, 0.1) is 0 Å². The SMILES string of the molecule is CCC(=O)NC(=S)Nc1cc(/C=C/C(=O)O)ccc1Br. The van der Waals surface area contributed by atoms with Gasteiger partial charge in [-0.1, -0.05) is 13.0 Å². The molecule has 0 unspecified atom stereocenters. The van der Waals surface area contributed by atoms with Crippen LogP contribution in [0.15, 0.2) is 28.7 Å². The number of hydrogen-bond acceptors (Lipinski definition) is 3. The van der Waals surface area contributed by atoms with E-state index in [-0.39, 0.29) is 11.0 Å². The third-order valence-corrected chi connectivity index (χ3v) is 3.13. The van der Waals surface area contributed by atoms with Gasteiger partial charge in [0.2, 0.25) is 5.91 Å². The van der Waals surface area contributed by atoms with Gasteiger partial charge in [-0.15, -0.1) is 0 Å². The molecule has 5 nitrogen and oxygen atoms in total. The van der Waals surface area contributed by atoms with Crippen LogP contribution < -0.4 is 10.6 Å². The Labute approximate surface area is 130 Å². The van der Waals surface area contributed by atoms with Crippen molar-refractivity contribution < 1.29 is 14.7 Å². The van der Waals surface area contributed by atoms with E-state index in [0.29, 0.717) is 17.7 Å². The smallest absolute Gasteiger partial charge is 0.328 e. The summed E-state index contributed by atoms with van der Waals surface area (Å²) in [4.78, 5) is 21.7. The number of benzene rings is 1. The first kappa shape index (κ1) is 16.3. The molecule has 0 aliphatic heterocycles. The lowest BCUT2D eigenvalue weighted by atomic mass is 10.2. The molecule has 0 radical (unpaired) electrons. The summed E-state index contributed by atoms with van der Waals surface area (Å²) in [6.07, 6.45) is 2.85. The first-order chi connectivity index (χ1) is 9.42. The van der Waals surface area contributed by atoms with Gasteiger partial charge >= 0.3 is 5.97 Å². The quantitative estimate of drug-likeness (QED) is 0.571. The molecule has 0 saturated carbocycles.